The van der Waals surface area contributed by atoms with Crippen molar-refractivity contribution in [1.82, 2.24) is 15.4 Å². The number of nitrogens with one attached hydrogen (secondary N) is 3. The number of urea groups is 1. The van der Waals surface area contributed by atoms with Crippen molar-refractivity contribution in [2.24, 2.45) is 11.7 Å². The zero-order chi connectivity index (χ0) is 20.8. The van der Waals surface area contributed by atoms with Gasteiger partial charge in [0.15, 0.2) is 0 Å². The Bertz CT molecular complexity index is 772. The minimum absolute atomic E-state index is 0.00738. The van der Waals surface area contributed by atoms with E-state index in [1.54, 1.807) is 39.0 Å². The Labute approximate surface area is 161 Å². The Hall–Kier alpha value is -2.13. The maximum atomic E-state index is 12.6. The van der Waals surface area contributed by atoms with Crippen molar-refractivity contribution in [2.75, 3.05) is 0 Å². The Morgan fingerprint density at radius 3 is 2.30 bits per heavy atom. The number of primary amides is 1. The van der Waals surface area contributed by atoms with E-state index in [1.807, 2.05) is 13.8 Å². The molecular formula is C18H30N4O4S. The van der Waals surface area contributed by atoms with Crippen molar-refractivity contribution in [3.05, 3.63) is 29.8 Å². The monoisotopic (exact) mass is 398 g/mol. The highest BCUT2D eigenvalue weighted by molar-refractivity contribution is 7.89. The molecule has 0 aliphatic rings. The van der Waals surface area contributed by atoms with Crippen molar-refractivity contribution in [3.8, 4) is 0 Å². The van der Waals surface area contributed by atoms with Crippen LogP contribution < -0.4 is 21.1 Å². The third kappa shape index (κ3) is 7.18. The predicted molar refractivity (Wildman–Crippen MR) is 104 cm³/mol. The lowest BCUT2D eigenvalue weighted by atomic mass is 9.98. The Morgan fingerprint density at radius 1 is 1.19 bits per heavy atom. The van der Waals surface area contributed by atoms with Crippen molar-refractivity contribution in [2.45, 2.75) is 64.1 Å². The molecule has 152 valence electrons. The van der Waals surface area contributed by atoms with Gasteiger partial charge in [0.05, 0.1) is 4.90 Å². The normalized spacial score (nSPS) is 14.3. The zero-order valence-corrected chi connectivity index (χ0v) is 17.3. The molecule has 0 heterocycles. The summed E-state index contributed by atoms with van der Waals surface area (Å²) in [7, 11) is -3.75. The van der Waals surface area contributed by atoms with Gasteiger partial charge in [-0.3, -0.25) is 4.79 Å². The molecule has 0 aromatic heterocycles. The highest BCUT2D eigenvalue weighted by atomic mass is 32.2. The average molecular weight is 399 g/mol. The van der Waals surface area contributed by atoms with Crippen LogP contribution >= 0.6 is 0 Å². The van der Waals surface area contributed by atoms with Gasteiger partial charge in [0.25, 0.3) is 0 Å². The maximum Gasteiger partial charge on any atom is 0.312 e. The second-order valence-electron chi connectivity index (χ2n) is 7.55. The minimum atomic E-state index is -3.75. The molecule has 0 aliphatic carbocycles. The van der Waals surface area contributed by atoms with Gasteiger partial charge in [-0.05, 0) is 38.3 Å². The third-order valence-electron chi connectivity index (χ3n) is 3.95. The molecule has 0 unspecified atom stereocenters. The Balaban J connectivity index is 3.00. The van der Waals surface area contributed by atoms with Gasteiger partial charge in [-0.1, -0.05) is 38.5 Å². The lowest BCUT2D eigenvalue weighted by Crippen LogP contribution is -2.51. The minimum Gasteiger partial charge on any atom is -0.352 e. The average Bonchev–Trinajstić information content (AvgIpc) is 2.54. The largest absolute Gasteiger partial charge is 0.352 e. The van der Waals surface area contributed by atoms with Crippen LogP contribution in [0.15, 0.2) is 29.2 Å². The number of benzene rings is 1. The first-order chi connectivity index (χ1) is 12.4. The first kappa shape index (κ1) is 22.9. The summed E-state index contributed by atoms with van der Waals surface area (Å²) in [6.07, 6.45) is 0.666. The fourth-order valence-electron chi connectivity index (χ4n) is 2.52. The fourth-order valence-corrected chi connectivity index (χ4v) is 4.18. The molecule has 0 saturated heterocycles. The van der Waals surface area contributed by atoms with E-state index < -0.39 is 33.5 Å². The molecule has 3 amide bonds. The first-order valence-electron chi connectivity index (χ1n) is 8.83. The maximum absolute atomic E-state index is 12.6. The summed E-state index contributed by atoms with van der Waals surface area (Å²) in [6, 6.07) is 4.88. The van der Waals surface area contributed by atoms with Gasteiger partial charge in [0.1, 0.15) is 6.04 Å². The van der Waals surface area contributed by atoms with E-state index in [9.17, 15) is 18.0 Å². The van der Waals surface area contributed by atoms with Gasteiger partial charge in [-0.15, -0.1) is 0 Å². The molecule has 0 fully saturated rings. The number of hydrogen-bond acceptors (Lipinski definition) is 4. The number of rotatable bonds is 8. The standard InChI is InChI=1S/C18H30N4O4S/c1-6-12(2)15(21-17(19)24)16(23)20-11-13-9-7-8-10-14(13)27(25,26)22-18(3,4)5/h7-10,12,15,22H,6,11H2,1-5H3,(H,20,23)(H3,19,21,24)/t12-,15-/m1/s1. The van der Waals surface area contributed by atoms with Crippen LogP contribution in [0.3, 0.4) is 0 Å². The molecule has 0 saturated carbocycles. The highest BCUT2D eigenvalue weighted by Crippen LogP contribution is 2.18. The quantitative estimate of drug-likeness (QED) is 0.528. The predicted octanol–water partition coefficient (Wildman–Crippen LogP) is 1.46. The van der Waals surface area contributed by atoms with Gasteiger partial charge >= 0.3 is 6.03 Å². The second-order valence-corrected chi connectivity index (χ2v) is 9.20. The third-order valence-corrected chi connectivity index (χ3v) is 5.81. The van der Waals surface area contributed by atoms with E-state index >= 15 is 0 Å². The molecular weight excluding hydrogens is 368 g/mol. The molecule has 0 aliphatic heterocycles. The van der Waals surface area contributed by atoms with Crippen LogP contribution in [0, 0.1) is 5.92 Å². The topological polar surface area (TPSA) is 130 Å². The molecule has 1 aromatic rings. The molecule has 27 heavy (non-hydrogen) atoms. The fraction of sp³-hybridized carbons (Fsp3) is 0.556. The van der Waals surface area contributed by atoms with Crippen molar-refractivity contribution in [1.29, 1.82) is 0 Å². The summed E-state index contributed by atoms with van der Waals surface area (Å²) in [5, 5.41) is 5.13. The summed E-state index contributed by atoms with van der Waals surface area (Å²) < 4.78 is 27.9. The van der Waals surface area contributed by atoms with Gasteiger partial charge in [0.2, 0.25) is 15.9 Å². The van der Waals surface area contributed by atoms with E-state index in [4.69, 9.17) is 5.73 Å². The Morgan fingerprint density at radius 2 is 1.78 bits per heavy atom. The van der Waals surface area contributed by atoms with Gasteiger partial charge in [0, 0.05) is 12.1 Å². The van der Waals surface area contributed by atoms with Gasteiger partial charge in [-0.25, -0.2) is 17.9 Å². The summed E-state index contributed by atoms with van der Waals surface area (Å²) in [6.45, 7) is 8.98. The number of carbonyl (C=O) groups excluding carboxylic acids is 2. The van der Waals surface area contributed by atoms with Crippen LogP contribution in [0.2, 0.25) is 0 Å². The van der Waals surface area contributed by atoms with E-state index in [-0.39, 0.29) is 17.4 Å². The molecule has 0 spiro atoms. The summed E-state index contributed by atoms with van der Waals surface area (Å²) >= 11 is 0. The van der Waals surface area contributed by atoms with Crippen LogP contribution in [0.1, 0.15) is 46.6 Å². The van der Waals surface area contributed by atoms with Crippen LogP contribution in [-0.2, 0) is 21.4 Å². The van der Waals surface area contributed by atoms with Gasteiger partial charge < -0.3 is 16.4 Å². The summed E-state index contributed by atoms with van der Waals surface area (Å²) in [5.74, 6) is -0.543. The van der Waals surface area contributed by atoms with E-state index in [1.165, 1.54) is 6.07 Å². The van der Waals surface area contributed by atoms with Crippen molar-refractivity contribution < 1.29 is 18.0 Å². The number of hydrogen-bond donors (Lipinski definition) is 4. The van der Waals surface area contributed by atoms with E-state index in [0.29, 0.717) is 12.0 Å². The number of sulfonamides is 1. The van der Waals surface area contributed by atoms with Crippen LogP contribution in [0.25, 0.3) is 0 Å². The SMILES string of the molecule is CC[C@@H](C)[C@@H](NC(N)=O)C(=O)NCc1ccccc1S(=O)(=O)NC(C)(C)C. The summed E-state index contributed by atoms with van der Waals surface area (Å²) in [4.78, 5) is 23.8. The number of carbonyl (C=O) groups is 2. The van der Waals surface area contributed by atoms with Crippen LogP contribution in [-0.4, -0.2) is 31.9 Å². The Kier molecular flexibility index (Phi) is 7.79. The van der Waals surface area contributed by atoms with Crippen molar-refractivity contribution in [3.63, 3.8) is 0 Å². The smallest absolute Gasteiger partial charge is 0.312 e. The molecule has 9 heteroatoms. The number of amides is 3. The molecule has 8 nitrogen and oxygen atoms in total. The van der Waals surface area contributed by atoms with E-state index in [2.05, 4.69) is 15.4 Å². The molecule has 0 radical (unpaired) electrons. The lowest BCUT2D eigenvalue weighted by molar-refractivity contribution is -0.124. The zero-order valence-electron chi connectivity index (χ0n) is 16.5. The molecule has 0 bridgehead atoms. The molecule has 1 rings (SSSR count). The van der Waals surface area contributed by atoms with E-state index in [0.717, 1.165) is 0 Å². The second kappa shape index (κ2) is 9.18. The summed E-state index contributed by atoms with van der Waals surface area (Å²) in [5.41, 5.74) is 4.97. The van der Waals surface area contributed by atoms with Crippen LogP contribution in [0.4, 0.5) is 4.79 Å². The highest BCUT2D eigenvalue weighted by Gasteiger charge is 2.27. The molecule has 1 aromatic carbocycles. The lowest BCUT2D eigenvalue weighted by Gasteiger charge is -2.23. The molecule has 5 N–H and O–H groups in total. The first-order valence-corrected chi connectivity index (χ1v) is 10.3. The molecule has 2 atom stereocenters. The van der Waals surface area contributed by atoms with Gasteiger partial charge in [-0.2, -0.15) is 0 Å². The van der Waals surface area contributed by atoms with Crippen molar-refractivity contribution >= 4 is 22.0 Å². The number of nitrogens with two attached hydrogens (primary N) is 1. The van der Waals surface area contributed by atoms with Crippen LogP contribution in [0.5, 0.6) is 0 Å².